The van der Waals surface area contributed by atoms with E-state index < -0.39 is 16.1 Å². The van der Waals surface area contributed by atoms with Gasteiger partial charge in [0.05, 0.1) is 13.2 Å². The van der Waals surface area contributed by atoms with Crippen molar-refractivity contribution in [1.29, 1.82) is 0 Å². The molecule has 2 heterocycles. The van der Waals surface area contributed by atoms with Crippen LogP contribution in [0.25, 0.3) is 0 Å². The maximum absolute atomic E-state index is 12.9. The fourth-order valence-corrected chi connectivity index (χ4v) is 5.49. The van der Waals surface area contributed by atoms with Gasteiger partial charge in [0.1, 0.15) is 10.6 Å². The molecule has 4 rings (SSSR count). The van der Waals surface area contributed by atoms with E-state index in [1.54, 1.807) is 30.9 Å². The first kappa shape index (κ1) is 23.3. The molecule has 1 fully saturated rings. The van der Waals surface area contributed by atoms with Crippen molar-refractivity contribution in [2.75, 3.05) is 40.1 Å². The number of carbonyl (C=O) groups is 1. The lowest BCUT2D eigenvalue weighted by atomic mass is 10.1. The third-order valence-electron chi connectivity index (χ3n) is 5.84. The topological polar surface area (TPSA) is 97.4 Å². The molecule has 0 bridgehead atoms. The Morgan fingerprint density at radius 1 is 1.09 bits per heavy atom. The maximum atomic E-state index is 12.9. The van der Waals surface area contributed by atoms with Gasteiger partial charge in [0.25, 0.3) is 0 Å². The average Bonchev–Trinajstić information content (AvgIpc) is 3.27. The van der Waals surface area contributed by atoms with E-state index in [9.17, 15) is 13.2 Å². The van der Waals surface area contributed by atoms with Crippen molar-refractivity contribution >= 4 is 15.9 Å². The van der Waals surface area contributed by atoms with E-state index in [0.29, 0.717) is 26.2 Å². The number of ether oxygens (including phenoxy) is 3. The molecule has 178 valence electrons. The molecule has 2 aliphatic heterocycles. The zero-order chi connectivity index (χ0) is 23.6. The van der Waals surface area contributed by atoms with Crippen LogP contribution in [0.2, 0.25) is 0 Å². The van der Waals surface area contributed by atoms with Gasteiger partial charge in [-0.15, -0.1) is 0 Å². The van der Waals surface area contributed by atoms with Crippen LogP contribution < -0.4 is 18.9 Å². The molecule has 0 unspecified atom stereocenters. The Balaban J connectivity index is 1.33. The quantitative estimate of drug-likeness (QED) is 0.652. The summed E-state index contributed by atoms with van der Waals surface area (Å²) in [5, 5.41) is 0. The molecule has 1 N–H and O–H groups in total. The van der Waals surface area contributed by atoms with Crippen molar-refractivity contribution in [3.05, 3.63) is 47.5 Å². The first-order valence-electron chi connectivity index (χ1n) is 10.8. The molecule has 1 atom stereocenters. The molecular weight excluding hydrogens is 446 g/mol. The summed E-state index contributed by atoms with van der Waals surface area (Å²) in [7, 11) is -2.50. The minimum Gasteiger partial charge on any atom is -0.495 e. The van der Waals surface area contributed by atoms with Gasteiger partial charge in [-0.1, -0.05) is 12.1 Å². The number of methoxy groups -OCH3 is 1. The van der Waals surface area contributed by atoms with Gasteiger partial charge < -0.3 is 19.1 Å². The number of fused-ring (bicyclic) bond motifs is 1. The van der Waals surface area contributed by atoms with Crippen LogP contribution in [0, 0.1) is 6.92 Å². The second-order valence-electron chi connectivity index (χ2n) is 8.29. The number of sulfonamides is 1. The normalized spacial score (nSPS) is 17.1. The number of aryl methyl sites for hydroxylation is 1. The Bertz CT molecular complexity index is 1130. The van der Waals surface area contributed by atoms with E-state index in [4.69, 9.17) is 14.2 Å². The highest BCUT2D eigenvalue weighted by Gasteiger charge is 2.30. The summed E-state index contributed by atoms with van der Waals surface area (Å²) in [6, 6.07) is 9.94. The van der Waals surface area contributed by atoms with Gasteiger partial charge in [-0.3, -0.25) is 9.69 Å². The Kier molecular flexibility index (Phi) is 6.78. The molecule has 0 aliphatic carbocycles. The minimum atomic E-state index is -3.92. The number of hydrogen-bond acceptors (Lipinski definition) is 7. The molecule has 0 radical (unpaired) electrons. The molecule has 9 nitrogen and oxygen atoms in total. The van der Waals surface area contributed by atoms with E-state index in [0.717, 1.165) is 29.2 Å². The molecule has 2 aromatic carbocycles. The number of rotatable bonds is 7. The number of piperazine rings is 1. The monoisotopic (exact) mass is 475 g/mol. The van der Waals surface area contributed by atoms with Gasteiger partial charge >= 0.3 is 0 Å². The van der Waals surface area contributed by atoms with Crippen molar-refractivity contribution in [3.8, 4) is 17.2 Å². The maximum Gasteiger partial charge on any atom is 0.244 e. The smallest absolute Gasteiger partial charge is 0.244 e. The third kappa shape index (κ3) is 5.23. The van der Waals surface area contributed by atoms with E-state index in [-0.39, 0.29) is 23.3 Å². The van der Waals surface area contributed by atoms with Gasteiger partial charge in [0, 0.05) is 32.7 Å². The molecule has 2 aliphatic rings. The predicted molar refractivity (Wildman–Crippen MR) is 122 cm³/mol. The molecule has 0 saturated carbocycles. The highest BCUT2D eigenvalue weighted by molar-refractivity contribution is 7.89. The van der Waals surface area contributed by atoms with E-state index in [1.165, 1.54) is 13.2 Å². The Morgan fingerprint density at radius 3 is 2.55 bits per heavy atom. The van der Waals surface area contributed by atoms with Gasteiger partial charge in [0.15, 0.2) is 11.5 Å². The van der Waals surface area contributed by atoms with Crippen molar-refractivity contribution in [2.24, 2.45) is 0 Å². The number of carbonyl (C=O) groups excluding carboxylic acids is 1. The minimum absolute atomic E-state index is 0.0261. The highest BCUT2D eigenvalue weighted by atomic mass is 32.2. The number of nitrogens with one attached hydrogen (secondary N) is 1. The summed E-state index contributed by atoms with van der Waals surface area (Å²) in [6.07, 6.45) is 0. The van der Waals surface area contributed by atoms with Gasteiger partial charge in [-0.2, -0.15) is 4.72 Å². The van der Waals surface area contributed by atoms with Crippen LogP contribution in [0.4, 0.5) is 0 Å². The van der Waals surface area contributed by atoms with E-state index >= 15 is 0 Å². The summed E-state index contributed by atoms with van der Waals surface area (Å²) in [6.45, 7) is 6.83. The highest BCUT2D eigenvalue weighted by Crippen LogP contribution is 2.33. The number of amides is 1. The lowest BCUT2D eigenvalue weighted by Crippen LogP contribution is -2.53. The Hall–Kier alpha value is -2.82. The van der Waals surface area contributed by atoms with Crippen molar-refractivity contribution in [3.63, 3.8) is 0 Å². The lowest BCUT2D eigenvalue weighted by molar-refractivity contribution is -0.134. The second-order valence-corrected chi connectivity index (χ2v) is 9.97. The standard InChI is InChI=1S/C23H29N3O6S/c1-16-4-6-20(30-3)22(12-16)33(28,29)24-17(2)23(27)26-10-8-25(9-11-26)14-18-5-7-19-21(13-18)32-15-31-19/h4-7,12-13,17,24H,8-11,14-15H2,1-3H3/t17-/m1/s1. The number of nitrogens with zero attached hydrogens (tertiary/aromatic N) is 2. The first-order chi connectivity index (χ1) is 15.8. The predicted octanol–water partition coefficient (Wildman–Crippen LogP) is 1.74. The number of benzene rings is 2. The molecule has 1 saturated heterocycles. The average molecular weight is 476 g/mol. The molecule has 33 heavy (non-hydrogen) atoms. The summed E-state index contributed by atoms with van der Waals surface area (Å²) in [4.78, 5) is 16.9. The van der Waals surface area contributed by atoms with Gasteiger partial charge in [-0.25, -0.2) is 8.42 Å². The fourth-order valence-electron chi connectivity index (χ4n) is 4.04. The zero-order valence-corrected chi connectivity index (χ0v) is 19.9. The van der Waals surface area contributed by atoms with Gasteiger partial charge in [-0.05, 0) is 49.2 Å². The van der Waals surface area contributed by atoms with Crippen LogP contribution in [0.15, 0.2) is 41.3 Å². The number of hydrogen-bond donors (Lipinski definition) is 1. The largest absolute Gasteiger partial charge is 0.495 e. The van der Waals surface area contributed by atoms with Crippen LogP contribution in [-0.4, -0.2) is 70.2 Å². The van der Waals surface area contributed by atoms with Crippen LogP contribution in [-0.2, 0) is 21.4 Å². The second kappa shape index (κ2) is 9.58. The molecule has 10 heteroatoms. The van der Waals surface area contributed by atoms with E-state index in [2.05, 4.69) is 9.62 Å². The molecular formula is C23H29N3O6S. The van der Waals surface area contributed by atoms with Crippen molar-refractivity contribution in [2.45, 2.75) is 31.3 Å². The molecule has 0 spiro atoms. The first-order valence-corrected chi connectivity index (χ1v) is 12.3. The SMILES string of the molecule is COc1ccc(C)cc1S(=O)(=O)N[C@H](C)C(=O)N1CCN(Cc2ccc3c(c2)OCO3)CC1. The van der Waals surface area contributed by atoms with Crippen molar-refractivity contribution < 1.29 is 27.4 Å². The van der Waals surface area contributed by atoms with Crippen LogP contribution in [0.5, 0.6) is 17.2 Å². The van der Waals surface area contributed by atoms with Gasteiger partial charge in [0.2, 0.25) is 22.7 Å². The summed E-state index contributed by atoms with van der Waals surface area (Å²) >= 11 is 0. The zero-order valence-electron chi connectivity index (χ0n) is 19.0. The van der Waals surface area contributed by atoms with Crippen molar-refractivity contribution in [1.82, 2.24) is 14.5 Å². The third-order valence-corrected chi connectivity index (χ3v) is 7.40. The fraction of sp³-hybridized carbons (Fsp3) is 0.435. The van der Waals surface area contributed by atoms with Crippen LogP contribution in [0.1, 0.15) is 18.1 Å². The van der Waals surface area contributed by atoms with Crippen LogP contribution in [0.3, 0.4) is 0 Å². The molecule has 2 aromatic rings. The molecule has 1 amide bonds. The Morgan fingerprint density at radius 2 is 1.82 bits per heavy atom. The lowest BCUT2D eigenvalue weighted by Gasteiger charge is -2.36. The summed E-state index contributed by atoms with van der Waals surface area (Å²) in [5.74, 6) is 1.51. The van der Waals surface area contributed by atoms with E-state index in [1.807, 2.05) is 18.2 Å². The summed E-state index contributed by atoms with van der Waals surface area (Å²) < 4.78 is 44.3. The molecule has 0 aromatic heterocycles. The summed E-state index contributed by atoms with van der Waals surface area (Å²) in [5.41, 5.74) is 1.90. The Labute approximate surface area is 194 Å². The van der Waals surface area contributed by atoms with Crippen LogP contribution >= 0.6 is 0 Å².